The van der Waals surface area contributed by atoms with E-state index >= 15 is 0 Å². The summed E-state index contributed by atoms with van der Waals surface area (Å²) >= 11 is 1.42. The number of hydrogen-bond acceptors (Lipinski definition) is 8. The van der Waals surface area contributed by atoms with Gasteiger partial charge in [0.2, 0.25) is 11.2 Å². The van der Waals surface area contributed by atoms with Gasteiger partial charge >= 0.3 is 0 Å². The van der Waals surface area contributed by atoms with Crippen LogP contribution in [0.5, 0.6) is 11.5 Å². The molecule has 0 radical (unpaired) electrons. The number of fused-ring (bicyclic) bond motifs is 2. The Morgan fingerprint density at radius 2 is 2.04 bits per heavy atom. The molecule has 0 fully saturated rings. The fraction of sp³-hybridized carbons (Fsp3) is 0.118. The van der Waals surface area contributed by atoms with Crippen molar-refractivity contribution < 1.29 is 18.3 Å². The molecule has 0 aliphatic rings. The normalized spacial score (nSPS) is 11.6. The van der Waals surface area contributed by atoms with E-state index in [-0.39, 0.29) is 22.0 Å². The molecule has 3 heterocycles. The number of rotatable bonds is 4. The highest BCUT2D eigenvalue weighted by Crippen LogP contribution is 2.41. The molecule has 0 amide bonds. The molecule has 0 saturated carbocycles. The molecule has 0 saturated heterocycles. The van der Waals surface area contributed by atoms with Crippen molar-refractivity contribution in [1.29, 1.82) is 0 Å². The summed E-state index contributed by atoms with van der Waals surface area (Å²) in [6.07, 6.45) is 4.26. The molecule has 1 aromatic carbocycles. The first-order valence-electron chi connectivity index (χ1n) is 7.23. The summed E-state index contributed by atoms with van der Waals surface area (Å²) in [6, 6.07) is 1.71. The lowest BCUT2D eigenvalue weighted by Gasteiger charge is -2.10. The Bertz CT molecular complexity index is 1140. The molecule has 4 rings (SSSR count). The second-order valence-electron chi connectivity index (χ2n) is 5.06. The number of furan rings is 1. The van der Waals surface area contributed by atoms with Gasteiger partial charge in [0.1, 0.15) is 17.4 Å². The van der Waals surface area contributed by atoms with Crippen molar-refractivity contribution in [3.63, 3.8) is 0 Å². The number of benzene rings is 1. The lowest BCUT2D eigenvalue weighted by molar-refractivity contribution is 0.400. The van der Waals surface area contributed by atoms with Crippen molar-refractivity contribution in [2.75, 3.05) is 14.2 Å². The van der Waals surface area contributed by atoms with Gasteiger partial charge in [-0.05, 0) is 6.07 Å². The average Bonchev–Trinajstić information content (AvgIpc) is 3.31. The number of hydrogen-bond donors (Lipinski definition) is 0. The summed E-state index contributed by atoms with van der Waals surface area (Å²) in [5.74, 6) is 1.24. The van der Waals surface area contributed by atoms with Crippen LogP contribution in [-0.4, -0.2) is 25.4 Å². The van der Waals surface area contributed by atoms with Gasteiger partial charge in [-0.25, -0.2) is 9.98 Å². The van der Waals surface area contributed by atoms with Crippen LogP contribution in [0.2, 0.25) is 0 Å². The molecule has 7 nitrogen and oxygen atoms in total. The van der Waals surface area contributed by atoms with Crippen LogP contribution in [0.1, 0.15) is 5.56 Å². The summed E-state index contributed by atoms with van der Waals surface area (Å²) in [6.45, 7) is 0. The smallest absolute Gasteiger partial charge is 0.206 e. The van der Waals surface area contributed by atoms with Gasteiger partial charge in [0.05, 0.1) is 36.9 Å². The lowest BCUT2D eigenvalue weighted by Crippen LogP contribution is -2.10. The van der Waals surface area contributed by atoms with Gasteiger partial charge in [0, 0.05) is 11.6 Å². The fourth-order valence-electron chi connectivity index (χ4n) is 2.65. The number of methoxy groups -OCH3 is 2. The number of aromatic nitrogens is 1. The van der Waals surface area contributed by atoms with Crippen LogP contribution in [0.4, 0.5) is 5.82 Å². The minimum atomic E-state index is -0.279. The van der Waals surface area contributed by atoms with Crippen molar-refractivity contribution in [1.82, 2.24) is 4.98 Å². The summed E-state index contributed by atoms with van der Waals surface area (Å²) in [5.41, 5.74) is 2.39. The largest absolute Gasteiger partial charge is 0.495 e. The molecule has 0 aliphatic carbocycles. The molecule has 126 valence electrons. The average molecular weight is 356 g/mol. The van der Waals surface area contributed by atoms with Gasteiger partial charge in [-0.2, -0.15) is 0 Å². The predicted molar refractivity (Wildman–Crippen MR) is 94.7 cm³/mol. The summed E-state index contributed by atoms with van der Waals surface area (Å²) in [4.78, 5) is 21.2. The highest BCUT2D eigenvalue weighted by Gasteiger charge is 2.22. The third kappa shape index (κ3) is 2.38. The van der Waals surface area contributed by atoms with Crippen molar-refractivity contribution in [3.8, 4) is 11.5 Å². The maximum absolute atomic E-state index is 13.0. The maximum Gasteiger partial charge on any atom is 0.206 e. The Kier molecular flexibility index (Phi) is 3.73. The molecule has 0 unspecified atom stereocenters. The van der Waals surface area contributed by atoms with E-state index in [1.54, 1.807) is 17.0 Å². The molecule has 0 aliphatic heterocycles. The molecule has 8 heteroatoms. The zero-order valence-electron chi connectivity index (χ0n) is 13.3. The predicted octanol–water partition coefficient (Wildman–Crippen LogP) is 3.76. The van der Waals surface area contributed by atoms with Crippen molar-refractivity contribution in [3.05, 3.63) is 45.3 Å². The van der Waals surface area contributed by atoms with Gasteiger partial charge in [0.25, 0.3) is 0 Å². The van der Waals surface area contributed by atoms with Gasteiger partial charge < -0.3 is 18.3 Å². The maximum atomic E-state index is 13.0. The minimum Gasteiger partial charge on any atom is -0.495 e. The highest BCUT2D eigenvalue weighted by molar-refractivity contribution is 7.07. The second-order valence-corrected chi connectivity index (χ2v) is 5.78. The summed E-state index contributed by atoms with van der Waals surface area (Å²) in [7, 11) is 2.98. The van der Waals surface area contributed by atoms with E-state index in [0.717, 1.165) is 0 Å². The van der Waals surface area contributed by atoms with E-state index in [2.05, 4.69) is 9.98 Å². The van der Waals surface area contributed by atoms with Crippen LogP contribution in [0.3, 0.4) is 0 Å². The quantitative estimate of drug-likeness (QED) is 0.517. The topological polar surface area (TPSA) is 87.1 Å². The Hall–Kier alpha value is -3.13. The first-order chi connectivity index (χ1) is 12.2. The fourth-order valence-corrected chi connectivity index (χ4v) is 3.12. The Balaban J connectivity index is 2.03. The van der Waals surface area contributed by atoms with E-state index in [0.29, 0.717) is 28.3 Å². The van der Waals surface area contributed by atoms with Crippen molar-refractivity contribution in [2.24, 2.45) is 4.99 Å². The monoisotopic (exact) mass is 356 g/mol. The molecule has 4 aromatic rings. The van der Waals surface area contributed by atoms with E-state index < -0.39 is 0 Å². The standard InChI is InChI=1S/C17H12N2O5S/c1-21-14-10-3-4-23-15(10)17(22-2)16-12(14)13(20)9(6-24-16)5-18-11-7-25-8-19-11/h3-8H,1-2H3/b18-5+. The highest BCUT2D eigenvalue weighted by atomic mass is 32.1. The van der Waals surface area contributed by atoms with E-state index in [1.807, 2.05) is 0 Å². The SMILES string of the molecule is COc1c2occc2c(OC)c2c(=O)c(/C=N/c3cscn3)coc12. The summed E-state index contributed by atoms with van der Waals surface area (Å²) in [5, 5.41) is 2.68. The molecular formula is C17H12N2O5S. The Morgan fingerprint density at radius 1 is 1.20 bits per heavy atom. The third-order valence-electron chi connectivity index (χ3n) is 3.73. The molecule has 0 N–H and O–H groups in total. The number of thiazole rings is 1. The third-order valence-corrected chi connectivity index (χ3v) is 4.31. The summed E-state index contributed by atoms with van der Waals surface area (Å²) < 4.78 is 22.0. The van der Waals surface area contributed by atoms with Crippen LogP contribution in [0.15, 0.2) is 48.1 Å². The molecule has 0 bridgehead atoms. The molecular weight excluding hydrogens is 344 g/mol. The Morgan fingerprint density at radius 3 is 2.76 bits per heavy atom. The van der Waals surface area contributed by atoms with Crippen LogP contribution in [-0.2, 0) is 0 Å². The zero-order chi connectivity index (χ0) is 17.4. The van der Waals surface area contributed by atoms with Gasteiger partial charge in [-0.3, -0.25) is 4.79 Å². The Labute approximate surface area is 145 Å². The lowest BCUT2D eigenvalue weighted by atomic mass is 10.1. The van der Waals surface area contributed by atoms with E-state index in [9.17, 15) is 4.79 Å². The van der Waals surface area contributed by atoms with Crippen molar-refractivity contribution in [2.45, 2.75) is 0 Å². The molecule has 25 heavy (non-hydrogen) atoms. The zero-order valence-corrected chi connectivity index (χ0v) is 14.1. The van der Waals surface area contributed by atoms with E-state index in [4.69, 9.17) is 18.3 Å². The number of ether oxygens (including phenoxy) is 2. The first kappa shape index (κ1) is 15.4. The minimum absolute atomic E-state index is 0.262. The second kappa shape index (κ2) is 6.06. The first-order valence-corrected chi connectivity index (χ1v) is 8.17. The van der Waals surface area contributed by atoms with Gasteiger partial charge in [-0.1, -0.05) is 0 Å². The van der Waals surface area contributed by atoms with Gasteiger partial charge in [0.15, 0.2) is 17.0 Å². The molecule has 3 aromatic heterocycles. The van der Waals surface area contributed by atoms with Crippen LogP contribution < -0.4 is 14.9 Å². The van der Waals surface area contributed by atoms with Crippen LogP contribution in [0.25, 0.3) is 21.9 Å². The van der Waals surface area contributed by atoms with Crippen LogP contribution in [0, 0.1) is 0 Å². The van der Waals surface area contributed by atoms with Crippen molar-refractivity contribution >= 4 is 45.3 Å². The van der Waals surface area contributed by atoms with Crippen LogP contribution >= 0.6 is 11.3 Å². The molecule has 0 spiro atoms. The molecule has 0 atom stereocenters. The number of aliphatic imine (C=N–C) groups is 1. The number of nitrogens with zero attached hydrogens (tertiary/aromatic N) is 2. The van der Waals surface area contributed by atoms with E-state index in [1.165, 1.54) is 44.3 Å². The van der Waals surface area contributed by atoms with Gasteiger partial charge in [-0.15, -0.1) is 11.3 Å².